The standard InChI is InChI=1S/C23H27Cl2N3O3S/c24-21-9-8-18(15-22(21)25)16-26-10-4-5-19(17-26)23(29)27-11-13-28(14-12-27)32(30,31)20-6-2-1-3-7-20/h1-3,6-9,15,19H,4-5,10-14,16-17H2. The molecule has 2 heterocycles. The van der Waals surface area contributed by atoms with E-state index in [0.29, 0.717) is 47.7 Å². The fourth-order valence-electron chi connectivity index (χ4n) is 4.45. The van der Waals surface area contributed by atoms with Crippen molar-refractivity contribution in [1.29, 1.82) is 0 Å². The number of amides is 1. The molecule has 0 aromatic heterocycles. The van der Waals surface area contributed by atoms with Gasteiger partial charge in [-0.3, -0.25) is 9.69 Å². The second-order valence-electron chi connectivity index (χ2n) is 8.37. The van der Waals surface area contributed by atoms with Gasteiger partial charge in [0.15, 0.2) is 0 Å². The molecule has 2 fully saturated rings. The van der Waals surface area contributed by atoms with Crippen molar-refractivity contribution in [2.75, 3.05) is 39.3 Å². The molecule has 2 aliphatic rings. The third-order valence-corrected chi connectivity index (χ3v) is 8.83. The molecular formula is C23H27Cl2N3O3S. The number of piperidine rings is 1. The molecule has 32 heavy (non-hydrogen) atoms. The quantitative estimate of drug-likeness (QED) is 0.633. The molecule has 2 aromatic rings. The third kappa shape index (κ3) is 5.29. The summed E-state index contributed by atoms with van der Waals surface area (Å²) in [6.07, 6.45) is 1.82. The van der Waals surface area contributed by atoms with Gasteiger partial charge in [0, 0.05) is 39.3 Å². The molecule has 1 amide bonds. The lowest BCUT2D eigenvalue weighted by Crippen LogP contribution is -2.53. The van der Waals surface area contributed by atoms with Gasteiger partial charge >= 0.3 is 0 Å². The highest BCUT2D eigenvalue weighted by molar-refractivity contribution is 7.89. The van der Waals surface area contributed by atoms with Gasteiger partial charge in [-0.1, -0.05) is 47.5 Å². The van der Waals surface area contributed by atoms with Gasteiger partial charge in [0.05, 0.1) is 20.9 Å². The van der Waals surface area contributed by atoms with Gasteiger partial charge in [-0.15, -0.1) is 0 Å². The predicted molar refractivity (Wildman–Crippen MR) is 126 cm³/mol. The van der Waals surface area contributed by atoms with Crippen LogP contribution in [-0.4, -0.2) is 67.7 Å². The maximum atomic E-state index is 13.2. The molecule has 2 aliphatic heterocycles. The Balaban J connectivity index is 1.33. The summed E-state index contributed by atoms with van der Waals surface area (Å²) >= 11 is 12.1. The Bertz CT molecular complexity index is 1060. The van der Waals surface area contributed by atoms with Crippen molar-refractivity contribution in [2.24, 2.45) is 5.92 Å². The van der Waals surface area contributed by atoms with E-state index in [9.17, 15) is 13.2 Å². The van der Waals surface area contributed by atoms with E-state index in [-0.39, 0.29) is 11.8 Å². The second-order valence-corrected chi connectivity index (χ2v) is 11.1. The fourth-order valence-corrected chi connectivity index (χ4v) is 6.21. The summed E-state index contributed by atoms with van der Waals surface area (Å²) in [5, 5.41) is 1.08. The molecule has 4 rings (SSSR count). The highest BCUT2D eigenvalue weighted by Crippen LogP contribution is 2.26. The number of hydrogen-bond donors (Lipinski definition) is 0. The first-order chi connectivity index (χ1) is 15.3. The zero-order valence-corrected chi connectivity index (χ0v) is 20.1. The number of likely N-dealkylation sites (tertiary alicyclic amines) is 1. The van der Waals surface area contributed by atoms with E-state index in [1.54, 1.807) is 36.4 Å². The molecule has 0 spiro atoms. The van der Waals surface area contributed by atoms with Gasteiger partial charge in [-0.25, -0.2) is 8.42 Å². The van der Waals surface area contributed by atoms with E-state index in [0.717, 1.165) is 31.5 Å². The smallest absolute Gasteiger partial charge is 0.243 e. The molecule has 6 nitrogen and oxygen atoms in total. The van der Waals surface area contributed by atoms with Crippen LogP contribution in [0.3, 0.4) is 0 Å². The first-order valence-corrected chi connectivity index (χ1v) is 13.0. The van der Waals surface area contributed by atoms with E-state index < -0.39 is 10.0 Å². The Morgan fingerprint density at radius 3 is 2.34 bits per heavy atom. The molecule has 1 unspecified atom stereocenters. The van der Waals surface area contributed by atoms with Gasteiger partial charge in [0.2, 0.25) is 15.9 Å². The lowest BCUT2D eigenvalue weighted by atomic mass is 9.95. The van der Waals surface area contributed by atoms with Crippen LogP contribution in [0.15, 0.2) is 53.4 Å². The largest absolute Gasteiger partial charge is 0.340 e. The Morgan fingerprint density at radius 1 is 0.938 bits per heavy atom. The molecule has 2 aromatic carbocycles. The highest BCUT2D eigenvalue weighted by atomic mass is 35.5. The number of carbonyl (C=O) groups is 1. The van der Waals surface area contributed by atoms with Crippen molar-refractivity contribution in [1.82, 2.24) is 14.1 Å². The molecule has 0 radical (unpaired) electrons. The van der Waals surface area contributed by atoms with E-state index in [1.165, 1.54) is 4.31 Å². The summed E-state index contributed by atoms with van der Waals surface area (Å²) in [6, 6.07) is 14.1. The predicted octanol–water partition coefficient (Wildman–Crippen LogP) is 3.74. The number of carbonyl (C=O) groups excluding carboxylic acids is 1. The Morgan fingerprint density at radius 2 is 1.66 bits per heavy atom. The molecule has 9 heteroatoms. The van der Waals surface area contributed by atoms with Crippen LogP contribution in [0, 0.1) is 5.92 Å². The van der Waals surface area contributed by atoms with Crippen LogP contribution < -0.4 is 0 Å². The Kier molecular flexibility index (Phi) is 7.42. The van der Waals surface area contributed by atoms with Crippen LogP contribution >= 0.6 is 23.2 Å². The summed E-state index contributed by atoms with van der Waals surface area (Å²) in [4.78, 5) is 17.6. The highest BCUT2D eigenvalue weighted by Gasteiger charge is 2.34. The molecule has 0 aliphatic carbocycles. The molecular weight excluding hydrogens is 469 g/mol. The number of benzene rings is 2. The van der Waals surface area contributed by atoms with Crippen molar-refractivity contribution in [3.05, 3.63) is 64.1 Å². The minimum Gasteiger partial charge on any atom is -0.340 e. The molecule has 172 valence electrons. The second kappa shape index (κ2) is 10.1. The van der Waals surface area contributed by atoms with Gasteiger partial charge in [-0.05, 0) is 49.2 Å². The normalized spacial score (nSPS) is 20.9. The van der Waals surface area contributed by atoms with Crippen molar-refractivity contribution < 1.29 is 13.2 Å². The van der Waals surface area contributed by atoms with Gasteiger partial charge < -0.3 is 4.90 Å². The number of hydrogen-bond acceptors (Lipinski definition) is 4. The van der Waals surface area contributed by atoms with E-state index in [2.05, 4.69) is 4.90 Å². The SMILES string of the molecule is O=C(C1CCCN(Cc2ccc(Cl)c(Cl)c2)C1)N1CCN(S(=O)(=O)c2ccccc2)CC1. The molecule has 0 bridgehead atoms. The van der Waals surface area contributed by atoms with Crippen molar-refractivity contribution in [3.63, 3.8) is 0 Å². The summed E-state index contributed by atoms with van der Waals surface area (Å²) in [5.74, 6) is 0.0596. The van der Waals surface area contributed by atoms with Crippen LogP contribution in [0.2, 0.25) is 10.0 Å². The number of nitrogens with zero attached hydrogens (tertiary/aromatic N) is 3. The monoisotopic (exact) mass is 495 g/mol. The molecule has 0 N–H and O–H groups in total. The van der Waals surface area contributed by atoms with Crippen LogP contribution in [0.4, 0.5) is 0 Å². The number of halogens is 2. The summed E-state index contributed by atoms with van der Waals surface area (Å²) in [5.41, 5.74) is 1.08. The molecule has 2 saturated heterocycles. The van der Waals surface area contributed by atoms with Gasteiger partial charge in [-0.2, -0.15) is 4.31 Å². The van der Waals surface area contributed by atoms with Gasteiger partial charge in [0.25, 0.3) is 0 Å². The van der Waals surface area contributed by atoms with Crippen molar-refractivity contribution in [2.45, 2.75) is 24.3 Å². The first-order valence-electron chi connectivity index (χ1n) is 10.8. The summed E-state index contributed by atoms with van der Waals surface area (Å²) < 4.78 is 27.1. The number of rotatable bonds is 5. The van der Waals surface area contributed by atoms with Gasteiger partial charge in [0.1, 0.15) is 0 Å². The third-order valence-electron chi connectivity index (χ3n) is 6.18. The number of piperazine rings is 1. The Hall–Kier alpha value is -1.64. The van der Waals surface area contributed by atoms with E-state index >= 15 is 0 Å². The zero-order valence-electron chi connectivity index (χ0n) is 17.8. The molecule has 1 atom stereocenters. The zero-order chi connectivity index (χ0) is 22.7. The van der Waals surface area contributed by atoms with Crippen molar-refractivity contribution in [3.8, 4) is 0 Å². The first kappa shape index (κ1) is 23.5. The average Bonchev–Trinajstić information content (AvgIpc) is 2.82. The molecule has 0 saturated carbocycles. The van der Waals surface area contributed by atoms with Crippen molar-refractivity contribution >= 4 is 39.1 Å². The Labute approximate surface area is 199 Å². The maximum Gasteiger partial charge on any atom is 0.243 e. The lowest BCUT2D eigenvalue weighted by molar-refractivity contribution is -0.138. The summed E-state index contributed by atoms with van der Waals surface area (Å²) in [6.45, 7) is 3.85. The minimum absolute atomic E-state index is 0.0659. The van der Waals surface area contributed by atoms with Crippen LogP contribution in [0.1, 0.15) is 18.4 Å². The fraction of sp³-hybridized carbons (Fsp3) is 0.435. The summed E-state index contributed by atoms with van der Waals surface area (Å²) in [7, 11) is -3.52. The van der Waals surface area contributed by atoms with E-state index in [4.69, 9.17) is 23.2 Å². The van der Waals surface area contributed by atoms with Crippen LogP contribution in [-0.2, 0) is 21.4 Å². The lowest BCUT2D eigenvalue weighted by Gasteiger charge is -2.38. The minimum atomic E-state index is -3.52. The van der Waals surface area contributed by atoms with Crippen LogP contribution in [0.5, 0.6) is 0 Å². The van der Waals surface area contributed by atoms with E-state index in [1.807, 2.05) is 17.0 Å². The maximum absolute atomic E-state index is 13.2. The van der Waals surface area contributed by atoms with Crippen LogP contribution in [0.25, 0.3) is 0 Å². The average molecular weight is 496 g/mol. The topological polar surface area (TPSA) is 60.9 Å². The number of sulfonamides is 1.